The second-order valence-corrected chi connectivity index (χ2v) is 5.87. The molecule has 1 heterocycles. The summed E-state index contributed by atoms with van der Waals surface area (Å²) in [7, 11) is 4.00. The number of urea groups is 1. The van der Waals surface area contributed by atoms with Crippen molar-refractivity contribution in [3.8, 4) is 0 Å². The molecule has 0 unspecified atom stereocenters. The van der Waals surface area contributed by atoms with E-state index in [1.807, 2.05) is 50.5 Å². The highest BCUT2D eigenvalue weighted by atomic mass is 16.3. The van der Waals surface area contributed by atoms with E-state index >= 15 is 0 Å². The lowest BCUT2D eigenvalue weighted by Crippen LogP contribution is -2.36. The normalized spacial score (nSPS) is 10.7. The van der Waals surface area contributed by atoms with Gasteiger partial charge in [0.15, 0.2) is 0 Å². The number of anilines is 1. The summed E-state index contributed by atoms with van der Waals surface area (Å²) in [6.45, 7) is 1.38. The molecule has 0 bridgehead atoms. The first-order chi connectivity index (χ1) is 11.6. The molecule has 6 heteroatoms. The van der Waals surface area contributed by atoms with Gasteiger partial charge in [0.05, 0.1) is 6.61 Å². The van der Waals surface area contributed by atoms with E-state index in [1.54, 1.807) is 17.3 Å². The third kappa shape index (κ3) is 5.64. The molecule has 0 aliphatic rings. The number of hydrogen-bond acceptors (Lipinski definition) is 4. The lowest BCUT2D eigenvalue weighted by Gasteiger charge is -2.22. The first kappa shape index (κ1) is 17.9. The summed E-state index contributed by atoms with van der Waals surface area (Å²) in [5, 5.41) is 12.1. The zero-order valence-corrected chi connectivity index (χ0v) is 14.1. The molecule has 0 radical (unpaired) electrons. The molecule has 2 rings (SSSR count). The van der Waals surface area contributed by atoms with Crippen LogP contribution in [0.1, 0.15) is 11.1 Å². The minimum absolute atomic E-state index is 0.0889. The summed E-state index contributed by atoms with van der Waals surface area (Å²) >= 11 is 0. The van der Waals surface area contributed by atoms with Crippen LogP contribution in [-0.2, 0) is 13.1 Å². The largest absolute Gasteiger partial charge is 0.395 e. The van der Waals surface area contributed by atoms with Crippen LogP contribution >= 0.6 is 0 Å². The molecular weight excluding hydrogens is 304 g/mol. The van der Waals surface area contributed by atoms with Gasteiger partial charge in [-0.1, -0.05) is 18.2 Å². The molecule has 128 valence electrons. The molecule has 0 aliphatic carbocycles. The van der Waals surface area contributed by atoms with Gasteiger partial charge in [0.1, 0.15) is 0 Å². The maximum atomic E-state index is 12.5. The van der Waals surface area contributed by atoms with Gasteiger partial charge < -0.3 is 20.2 Å². The van der Waals surface area contributed by atoms with Crippen molar-refractivity contribution in [2.45, 2.75) is 13.1 Å². The molecule has 1 aromatic heterocycles. The summed E-state index contributed by atoms with van der Waals surface area (Å²) in [5.41, 5.74) is 2.79. The summed E-state index contributed by atoms with van der Waals surface area (Å²) in [4.78, 5) is 20.2. The van der Waals surface area contributed by atoms with Gasteiger partial charge in [0.25, 0.3) is 0 Å². The molecule has 6 nitrogen and oxygen atoms in total. The number of aliphatic hydroxyl groups excluding tert-OH is 1. The zero-order chi connectivity index (χ0) is 17.4. The maximum Gasteiger partial charge on any atom is 0.322 e. The molecule has 0 fully saturated rings. The summed E-state index contributed by atoms with van der Waals surface area (Å²) in [5.74, 6) is 0. The minimum atomic E-state index is -0.241. The number of pyridine rings is 1. The van der Waals surface area contributed by atoms with E-state index in [2.05, 4.69) is 15.2 Å². The number of carbonyl (C=O) groups excluding carboxylic acids is 1. The third-order valence-electron chi connectivity index (χ3n) is 3.43. The van der Waals surface area contributed by atoms with Gasteiger partial charge in [-0.2, -0.15) is 0 Å². The number of rotatable bonds is 7. The second kappa shape index (κ2) is 9.00. The Hall–Kier alpha value is -2.44. The molecule has 0 saturated heterocycles. The van der Waals surface area contributed by atoms with Crippen molar-refractivity contribution in [3.63, 3.8) is 0 Å². The number of nitrogens with zero attached hydrogens (tertiary/aromatic N) is 3. The minimum Gasteiger partial charge on any atom is -0.395 e. The maximum absolute atomic E-state index is 12.5. The highest BCUT2D eigenvalue weighted by Gasteiger charge is 2.14. The third-order valence-corrected chi connectivity index (χ3v) is 3.43. The van der Waals surface area contributed by atoms with E-state index in [4.69, 9.17) is 0 Å². The topological polar surface area (TPSA) is 68.7 Å². The smallest absolute Gasteiger partial charge is 0.322 e. The number of aromatic nitrogens is 1. The highest BCUT2D eigenvalue weighted by molar-refractivity contribution is 5.89. The molecule has 2 N–H and O–H groups in total. The Kier molecular flexibility index (Phi) is 6.72. The molecular formula is C18H24N4O2. The van der Waals surface area contributed by atoms with Gasteiger partial charge in [-0.15, -0.1) is 0 Å². The number of nitrogens with one attached hydrogen (secondary N) is 1. The Labute approximate surface area is 142 Å². The van der Waals surface area contributed by atoms with Crippen molar-refractivity contribution in [2.24, 2.45) is 0 Å². The van der Waals surface area contributed by atoms with Crippen molar-refractivity contribution < 1.29 is 9.90 Å². The van der Waals surface area contributed by atoms with Gasteiger partial charge in [0.2, 0.25) is 0 Å². The van der Waals surface area contributed by atoms with Crippen LogP contribution in [0.4, 0.5) is 10.5 Å². The van der Waals surface area contributed by atoms with E-state index in [-0.39, 0.29) is 19.2 Å². The predicted molar refractivity (Wildman–Crippen MR) is 94.6 cm³/mol. The Morgan fingerprint density at radius 3 is 2.62 bits per heavy atom. The molecule has 0 atom stereocenters. The standard InChI is InChI=1S/C18H24N4O2/c1-21(2)13-15-5-3-7-17(11-15)20-18(24)22(9-10-23)14-16-6-4-8-19-12-16/h3-8,11-12,23H,9-10,13-14H2,1-2H3,(H,20,24). The molecule has 2 aromatic rings. The summed E-state index contributed by atoms with van der Waals surface area (Å²) in [6.07, 6.45) is 3.41. The lowest BCUT2D eigenvalue weighted by atomic mass is 10.2. The number of carbonyl (C=O) groups is 1. The van der Waals surface area contributed by atoms with Crippen LogP contribution in [-0.4, -0.2) is 53.2 Å². The van der Waals surface area contributed by atoms with Crippen LogP contribution in [0.3, 0.4) is 0 Å². The van der Waals surface area contributed by atoms with Gasteiger partial charge in [-0.05, 0) is 43.4 Å². The van der Waals surface area contributed by atoms with E-state index < -0.39 is 0 Å². The predicted octanol–water partition coefficient (Wildman–Crippen LogP) is 2.17. The molecule has 24 heavy (non-hydrogen) atoms. The van der Waals surface area contributed by atoms with Gasteiger partial charge in [-0.25, -0.2) is 4.79 Å². The fourth-order valence-electron chi connectivity index (χ4n) is 2.40. The Balaban J connectivity index is 2.04. The number of amides is 2. The molecule has 1 aromatic carbocycles. The zero-order valence-electron chi connectivity index (χ0n) is 14.1. The molecule has 0 spiro atoms. The van der Waals surface area contributed by atoms with Crippen molar-refractivity contribution in [1.82, 2.24) is 14.8 Å². The van der Waals surface area contributed by atoms with Gasteiger partial charge in [-0.3, -0.25) is 4.98 Å². The van der Waals surface area contributed by atoms with Gasteiger partial charge in [0, 0.05) is 37.7 Å². The van der Waals surface area contributed by atoms with E-state index in [0.29, 0.717) is 6.54 Å². The van der Waals surface area contributed by atoms with Crippen molar-refractivity contribution in [1.29, 1.82) is 0 Å². The number of hydrogen-bond donors (Lipinski definition) is 2. The van der Waals surface area contributed by atoms with Crippen molar-refractivity contribution in [2.75, 3.05) is 32.6 Å². The lowest BCUT2D eigenvalue weighted by molar-refractivity contribution is 0.185. The number of benzene rings is 1. The monoisotopic (exact) mass is 328 g/mol. The molecule has 0 saturated carbocycles. The van der Waals surface area contributed by atoms with Crippen LogP contribution in [0.2, 0.25) is 0 Å². The van der Waals surface area contributed by atoms with Gasteiger partial charge >= 0.3 is 6.03 Å². The van der Waals surface area contributed by atoms with E-state index in [9.17, 15) is 9.90 Å². The second-order valence-electron chi connectivity index (χ2n) is 5.87. The van der Waals surface area contributed by atoms with Crippen LogP contribution in [0, 0.1) is 0 Å². The van der Waals surface area contributed by atoms with E-state index in [1.165, 1.54) is 0 Å². The first-order valence-electron chi connectivity index (χ1n) is 7.88. The highest BCUT2D eigenvalue weighted by Crippen LogP contribution is 2.13. The fraction of sp³-hybridized carbons (Fsp3) is 0.333. The first-order valence-corrected chi connectivity index (χ1v) is 7.88. The Morgan fingerprint density at radius 2 is 1.96 bits per heavy atom. The molecule has 0 aliphatic heterocycles. The van der Waals surface area contributed by atoms with E-state index in [0.717, 1.165) is 23.4 Å². The Morgan fingerprint density at radius 1 is 1.17 bits per heavy atom. The van der Waals surface area contributed by atoms with Crippen molar-refractivity contribution >= 4 is 11.7 Å². The van der Waals surface area contributed by atoms with Crippen LogP contribution < -0.4 is 5.32 Å². The Bertz CT molecular complexity index is 646. The number of aliphatic hydroxyl groups is 1. The van der Waals surface area contributed by atoms with Crippen LogP contribution in [0.25, 0.3) is 0 Å². The average Bonchev–Trinajstić information content (AvgIpc) is 2.55. The summed E-state index contributed by atoms with van der Waals surface area (Å²) in [6, 6.07) is 11.3. The van der Waals surface area contributed by atoms with Crippen molar-refractivity contribution in [3.05, 3.63) is 59.9 Å². The van der Waals surface area contributed by atoms with Crippen LogP contribution in [0.5, 0.6) is 0 Å². The van der Waals surface area contributed by atoms with Crippen LogP contribution in [0.15, 0.2) is 48.8 Å². The molecule has 2 amide bonds. The summed E-state index contributed by atoms with van der Waals surface area (Å²) < 4.78 is 0. The fourth-order valence-corrected chi connectivity index (χ4v) is 2.40. The SMILES string of the molecule is CN(C)Cc1cccc(NC(=O)N(CCO)Cc2cccnc2)c1. The average molecular weight is 328 g/mol. The quantitative estimate of drug-likeness (QED) is 0.817.